The number of hydroxylamine groups is 1. The molecule has 0 radical (unpaired) electrons. The maximum Gasteiger partial charge on any atom is 1.00 e. The minimum Gasteiger partial charge on any atom is -0.272 e. The standard InChI is InChI=1S/C14H13NO5S.K/c1-11(16)15(20-21(17,18)19)14-9-7-13(8-10-14)12-5-3-2-4-6-12;/h2-10H,1H3,(H,17,18,19);/q;+1. The van der Waals surface area contributed by atoms with E-state index in [1.807, 2.05) is 30.3 Å². The number of benzene rings is 2. The second kappa shape index (κ2) is 8.32. The van der Waals surface area contributed by atoms with Crippen LogP contribution >= 0.6 is 0 Å². The van der Waals surface area contributed by atoms with Gasteiger partial charge in [0.15, 0.2) is 0 Å². The van der Waals surface area contributed by atoms with Crippen LogP contribution in [0.5, 0.6) is 0 Å². The Hall–Kier alpha value is -0.584. The van der Waals surface area contributed by atoms with E-state index in [2.05, 4.69) is 4.28 Å². The van der Waals surface area contributed by atoms with Gasteiger partial charge in [0.05, 0.1) is 5.69 Å². The molecular formula is C14H13KNO5S+. The third-order valence-corrected chi connectivity index (χ3v) is 3.00. The molecule has 0 spiro atoms. The summed E-state index contributed by atoms with van der Waals surface area (Å²) < 4.78 is 34.4. The number of rotatable bonds is 4. The molecule has 6 nitrogen and oxygen atoms in total. The molecule has 22 heavy (non-hydrogen) atoms. The van der Waals surface area contributed by atoms with Gasteiger partial charge in [-0.2, -0.15) is 13.5 Å². The van der Waals surface area contributed by atoms with Gasteiger partial charge in [0.25, 0.3) is 0 Å². The molecule has 0 heterocycles. The van der Waals surface area contributed by atoms with Gasteiger partial charge in [0, 0.05) is 6.92 Å². The zero-order valence-electron chi connectivity index (χ0n) is 12.1. The smallest absolute Gasteiger partial charge is 0.272 e. The number of carbonyl (C=O) groups excluding carboxylic acids is 1. The first-order valence-corrected chi connectivity index (χ1v) is 7.36. The first-order chi connectivity index (χ1) is 9.87. The molecule has 2 aromatic carbocycles. The van der Waals surface area contributed by atoms with Gasteiger partial charge in [0.1, 0.15) is 0 Å². The number of hydrogen-bond donors (Lipinski definition) is 1. The topological polar surface area (TPSA) is 83.9 Å². The largest absolute Gasteiger partial charge is 1.00 e. The zero-order valence-corrected chi connectivity index (χ0v) is 16.1. The maximum atomic E-state index is 11.4. The van der Waals surface area contributed by atoms with Gasteiger partial charge in [0.2, 0.25) is 5.91 Å². The second-order valence-corrected chi connectivity index (χ2v) is 5.23. The quantitative estimate of drug-likeness (QED) is 0.456. The van der Waals surface area contributed by atoms with Crippen LogP contribution in [-0.4, -0.2) is 18.9 Å². The van der Waals surface area contributed by atoms with Crippen LogP contribution in [0.25, 0.3) is 11.1 Å². The Morgan fingerprint density at radius 2 is 1.50 bits per heavy atom. The van der Waals surface area contributed by atoms with Crippen LogP contribution in [0, 0.1) is 0 Å². The maximum absolute atomic E-state index is 11.4. The fourth-order valence-corrected chi connectivity index (χ4v) is 2.17. The van der Waals surface area contributed by atoms with Gasteiger partial charge >= 0.3 is 61.8 Å². The van der Waals surface area contributed by atoms with Crippen LogP contribution in [0.15, 0.2) is 54.6 Å². The number of amides is 1. The first-order valence-electron chi connectivity index (χ1n) is 6.00. The number of anilines is 1. The van der Waals surface area contributed by atoms with Gasteiger partial charge < -0.3 is 0 Å². The van der Waals surface area contributed by atoms with E-state index in [1.165, 1.54) is 12.1 Å². The van der Waals surface area contributed by atoms with Gasteiger partial charge in [-0.15, -0.1) is 4.28 Å². The van der Waals surface area contributed by atoms with E-state index >= 15 is 0 Å². The van der Waals surface area contributed by atoms with Crippen molar-refractivity contribution in [2.75, 3.05) is 5.06 Å². The molecule has 1 N–H and O–H groups in total. The fourth-order valence-electron chi connectivity index (χ4n) is 1.79. The van der Waals surface area contributed by atoms with E-state index < -0.39 is 16.3 Å². The molecule has 0 saturated heterocycles. The van der Waals surface area contributed by atoms with Crippen molar-refractivity contribution in [3.8, 4) is 11.1 Å². The Morgan fingerprint density at radius 3 is 1.95 bits per heavy atom. The molecule has 0 unspecified atom stereocenters. The van der Waals surface area contributed by atoms with Crippen molar-refractivity contribution in [1.29, 1.82) is 0 Å². The average Bonchev–Trinajstić information content (AvgIpc) is 2.45. The number of nitrogens with zero attached hydrogens (tertiary/aromatic N) is 1. The van der Waals surface area contributed by atoms with E-state index in [4.69, 9.17) is 4.55 Å². The molecule has 0 aromatic heterocycles. The van der Waals surface area contributed by atoms with Gasteiger partial charge in [-0.25, -0.2) is 0 Å². The molecule has 0 bridgehead atoms. The summed E-state index contributed by atoms with van der Waals surface area (Å²) in [7, 11) is -4.77. The summed E-state index contributed by atoms with van der Waals surface area (Å²) in [5, 5.41) is 0.504. The fraction of sp³-hybridized carbons (Fsp3) is 0.0714. The van der Waals surface area contributed by atoms with Gasteiger partial charge in [-0.1, -0.05) is 42.5 Å². The van der Waals surface area contributed by atoms with E-state index in [0.29, 0.717) is 5.06 Å². The molecule has 2 rings (SSSR count). The van der Waals surface area contributed by atoms with Crippen LogP contribution in [0.4, 0.5) is 5.69 Å². The summed E-state index contributed by atoms with van der Waals surface area (Å²) in [4.78, 5) is 11.4. The Morgan fingerprint density at radius 1 is 1.00 bits per heavy atom. The van der Waals surface area contributed by atoms with Crippen LogP contribution in [-0.2, 0) is 19.5 Å². The van der Waals surface area contributed by atoms with E-state index in [1.54, 1.807) is 12.1 Å². The van der Waals surface area contributed by atoms with E-state index in [-0.39, 0.29) is 57.1 Å². The minimum absolute atomic E-state index is 0. The number of carbonyl (C=O) groups is 1. The van der Waals surface area contributed by atoms with Crippen molar-refractivity contribution in [3.05, 3.63) is 54.6 Å². The molecule has 1 amide bonds. The molecule has 0 saturated carbocycles. The van der Waals surface area contributed by atoms with Crippen LogP contribution < -0.4 is 56.4 Å². The number of hydrogen-bond acceptors (Lipinski definition) is 4. The molecular weight excluding hydrogens is 333 g/mol. The predicted octanol–water partition coefficient (Wildman–Crippen LogP) is -0.555. The van der Waals surface area contributed by atoms with Crippen LogP contribution in [0.1, 0.15) is 6.92 Å². The SMILES string of the molecule is CC(=O)N(OS(=O)(=O)O)c1ccc(-c2ccccc2)cc1.[K+]. The molecule has 0 atom stereocenters. The monoisotopic (exact) mass is 346 g/mol. The summed E-state index contributed by atoms with van der Waals surface area (Å²) in [6.07, 6.45) is 0. The first kappa shape index (κ1) is 19.5. The van der Waals surface area contributed by atoms with Crippen molar-refractivity contribution in [2.45, 2.75) is 6.92 Å². The van der Waals surface area contributed by atoms with Crippen molar-refractivity contribution in [3.63, 3.8) is 0 Å². The Bertz CT molecular complexity index is 732. The Kier molecular flexibility index (Phi) is 7.36. The average molecular weight is 346 g/mol. The third-order valence-electron chi connectivity index (χ3n) is 2.66. The second-order valence-electron chi connectivity index (χ2n) is 4.23. The summed E-state index contributed by atoms with van der Waals surface area (Å²) >= 11 is 0. The van der Waals surface area contributed by atoms with Crippen LogP contribution in [0.2, 0.25) is 0 Å². The summed E-state index contributed by atoms with van der Waals surface area (Å²) in [6.45, 7) is 1.12. The van der Waals surface area contributed by atoms with Gasteiger partial charge in [-0.05, 0) is 23.3 Å². The summed E-state index contributed by atoms with van der Waals surface area (Å²) in [5.74, 6) is -0.680. The van der Waals surface area contributed by atoms with Crippen molar-refractivity contribution < 1.29 is 73.4 Å². The molecule has 0 aliphatic rings. The normalized spacial score (nSPS) is 10.6. The van der Waals surface area contributed by atoms with E-state index in [0.717, 1.165) is 18.1 Å². The van der Waals surface area contributed by atoms with Gasteiger partial charge in [-0.3, -0.25) is 9.35 Å². The van der Waals surface area contributed by atoms with Crippen molar-refractivity contribution >= 4 is 22.0 Å². The minimum atomic E-state index is -4.77. The van der Waals surface area contributed by atoms with E-state index in [9.17, 15) is 13.2 Å². The van der Waals surface area contributed by atoms with Crippen LogP contribution in [0.3, 0.4) is 0 Å². The molecule has 0 aliphatic carbocycles. The Labute approximate surface area is 171 Å². The third kappa shape index (κ3) is 5.56. The Balaban J connectivity index is 0.00000242. The molecule has 110 valence electrons. The summed E-state index contributed by atoms with van der Waals surface area (Å²) in [5.41, 5.74) is 2.07. The summed E-state index contributed by atoms with van der Waals surface area (Å²) in [6, 6.07) is 16.0. The molecule has 2 aromatic rings. The molecule has 0 fully saturated rings. The zero-order chi connectivity index (χ0) is 15.5. The molecule has 8 heteroatoms. The molecule has 0 aliphatic heterocycles. The predicted molar refractivity (Wildman–Crippen MR) is 77.7 cm³/mol. The van der Waals surface area contributed by atoms with Crippen molar-refractivity contribution in [2.24, 2.45) is 0 Å². The van der Waals surface area contributed by atoms with Crippen molar-refractivity contribution in [1.82, 2.24) is 0 Å².